The Balaban J connectivity index is 1.97. The summed E-state index contributed by atoms with van der Waals surface area (Å²) in [6.45, 7) is 2.05. The summed E-state index contributed by atoms with van der Waals surface area (Å²) in [7, 11) is 0. The Bertz CT molecular complexity index is 838. The Morgan fingerprint density at radius 3 is 2.87 bits per heavy atom. The second kappa shape index (κ2) is 6.00. The van der Waals surface area contributed by atoms with E-state index in [1.54, 1.807) is 13.0 Å². The van der Waals surface area contributed by atoms with Crippen LogP contribution in [-0.4, -0.2) is 34.2 Å². The predicted octanol–water partition coefficient (Wildman–Crippen LogP) is 0.905. The number of para-hydroxylation sites is 1. The first-order valence-electron chi connectivity index (χ1n) is 7.42. The van der Waals surface area contributed by atoms with E-state index < -0.39 is 17.6 Å². The van der Waals surface area contributed by atoms with E-state index in [2.05, 4.69) is 10.3 Å². The zero-order valence-electron chi connectivity index (χ0n) is 12.6. The molecule has 120 valence electrons. The molecule has 1 aromatic heterocycles. The van der Waals surface area contributed by atoms with Gasteiger partial charge < -0.3 is 5.32 Å². The van der Waals surface area contributed by atoms with Crippen molar-refractivity contribution in [2.24, 2.45) is 0 Å². The molecule has 1 N–H and O–H groups in total. The molecular weight excluding hydrogens is 301 g/mol. The van der Waals surface area contributed by atoms with Crippen molar-refractivity contribution in [1.82, 2.24) is 14.9 Å². The van der Waals surface area contributed by atoms with Gasteiger partial charge in [0.15, 0.2) is 6.29 Å². The normalized spacial score (nSPS) is 21.3. The number of carbonyl (C=O) groups is 2. The molecule has 1 aliphatic rings. The maximum atomic E-state index is 13.8. The number of fused-ring (bicyclic) bond motifs is 1. The minimum atomic E-state index is -0.520. The molecule has 7 heteroatoms. The van der Waals surface area contributed by atoms with E-state index in [9.17, 15) is 18.8 Å². The lowest BCUT2D eigenvalue weighted by atomic mass is 9.97. The topological polar surface area (TPSA) is 81.1 Å². The number of aldehydes is 1. The average molecular weight is 317 g/mol. The van der Waals surface area contributed by atoms with E-state index >= 15 is 0 Å². The molecule has 2 heterocycles. The Hall–Kier alpha value is -2.41. The number of hydrogen-bond acceptors (Lipinski definition) is 5. The molecule has 2 aromatic rings. The van der Waals surface area contributed by atoms with Gasteiger partial charge in [-0.25, -0.2) is 9.37 Å². The van der Waals surface area contributed by atoms with Gasteiger partial charge in [-0.3, -0.25) is 19.0 Å². The molecule has 0 saturated carbocycles. The van der Waals surface area contributed by atoms with Gasteiger partial charge in [0.2, 0.25) is 5.78 Å². The van der Waals surface area contributed by atoms with Crippen LogP contribution in [0.25, 0.3) is 10.9 Å². The number of nitrogens with zero attached hydrogens (tertiary/aromatic N) is 2. The third-order valence-corrected chi connectivity index (χ3v) is 4.27. The largest absolute Gasteiger partial charge is 0.305 e. The molecule has 3 rings (SSSR count). The summed E-state index contributed by atoms with van der Waals surface area (Å²) in [5.41, 5.74) is -0.219. The van der Waals surface area contributed by atoms with E-state index in [1.807, 2.05) is 0 Å². The third kappa shape index (κ3) is 2.68. The van der Waals surface area contributed by atoms with E-state index in [-0.39, 0.29) is 22.5 Å². The van der Waals surface area contributed by atoms with Crippen molar-refractivity contribution in [3.8, 4) is 0 Å². The number of piperidine rings is 1. The van der Waals surface area contributed by atoms with E-state index in [0.717, 1.165) is 0 Å². The summed E-state index contributed by atoms with van der Waals surface area (Å²) in [5, 5.41) is 3.23. The number of halogens is 1. The molecule has 1 fully saturated rings. The van der Waals surface area contributed by atoms with Crippen molar-refractivity contribution in [1.29, 1.82) is 0 Å². The molecule has 1 aliphatic heterocycles. The second-order valence-corrected chi connectivity index (χ2v) is 5.68. The zero-order chi connectivity index (χ0) is 16.6. The van der Waals surface area contributed by atoms with Gasteiger partial charge in [-0.15, -0.1) is 0 Å². The van der Waals surface area contributed by atoms with Crippen LogP contribution in [0.4, 0.5) is 4.39 Å². The maximum Gasteiger partial charge on any atom is 0.261 e. The summed E-state index contributed by atoms with van der Waals surface area (Å²) >= 11 is 0. The standard InChI is InChI=1S/C16H16FN3O3/c1-9-19-15-11(3-2-4-12(15)17)16(23)20(9)10-5-6-13(18-7-10)14(22)8-21/h2-4,8,10,13,18H,5-7H2,1H3. The first-order chi connectivity index (χ1) is 11.0. The monoisotopic (exact) mass is 317 g/mol. The maximum absolute atomic E-state index is 13.8. The number of aromatic nitrogens is 2. The second-order valence-electron chi connectivity index (χ2n) is 5.68. The van der Waals surface area contributed by atoms with Gasteiger partial charge in [0, 0.05) is 6.54 Å². The zero-order valence-corrected chi connectivity index (χ0v) is 12.6. The SMILES string of the molecule is Cc1nc2c(F)cccc2c(=O)n1C1CCC(C(=O)C=O)NC1. The van der Waals surface area contributed by atoms with Gasteiger partial charge in [0.05, 0.1) is 17.5 Å². The lowest BCUT2D eigenvalue weighted by Gasteiger charge is -2.30. The Morgan fingerprint density at radius 2 is 2.22 bits per heavy atom. The van der Waals surface area contributed by atoms with Crippen LogP contribution in [0.15, 0.2) is 23.0 Å². The fraction of sp³-hybridized carbons (Fsp3) is 0.375. The molecule has 2 atom stereocenters. The number of nitrogens with one attached hydrogen (secondary N) is 1. The minimum Gasteiger partial charge on any atom is -0.305 e. The van der Waals surface area contributed by atoms with Crippen molar-refractivity contribution < 1.29 is 14.0 Å². The lowest BCUT2D eigenvalue weighted by Crippen LogP contribution is -2.47. The molecule has 0 amide bonds. The lowest BCUT2D eigenvalue weighted by molar-refractivity contribution is -0.131. The first kappa shape index (κ1) is 15.5. The van der Waals surface area contributed by atoms with Crippen molar-refractivity contribution in [3.63, 3.8) is 0 Å². The molecule has 23 heavy (non-hydrogen) atoms. The van der Waals surface area contributed by atoms with Gasteiger partial charge in [0.1, 0.15) is 17.2 Å². The summed E-state index contributed by atoms with van der Waals surface area (Å²) in [5.74, 6) is -0.570. The average Bonchev–Trinajstić information content (AvgIpc) is 2.56. The summed E-state index contributed by atoms with van der Waals surface area (Å²) < 4.78 is 15.3. The van der Waals surface area contributed by atoms with Crippen molar-refractivity contribution in [2.75, 3.05) is 6.54 Å². The van der Waals surface area contributed by atoms with Gasteiger partial charge in [-0.2, -0.15) is 0 Å². The summed E-state index contributed by atoms with van der Waals surface area (Å²) in [6, 6.07) is 3.64. The molecule has 0 bridgehead atoms. The van der Waals surface area contributed by atoms with E-state index in [1.165, 1.54) is 16.7 Å². The van der Waals surface area contributed by atoms with Gasteiger partial charge in [-0.05, 0) is 31.9 Å². The molecule has 2 unspecified atom stereocenters. The highest BCUT2D eigenvalue weighted by atomic mass is 19.1. The first-order valence-corrected chi connectivity index (χ1v) is 7.42. The van der Waals surface area contributed by atoms with Crippen molar-refractivity contribution >= 4 is 23.0 Å². The van der Waals surface area contributed by atoms with E-state index in [4.69, 9.17) is 0 Å². The number of carbonyl (C=O) groups excluding carboxylic acids is 2. The van der Waals surface area contributed by atoms with Crippen LogP contribution in [0, 0.1) is 12.7 Å². The highest BCUT2D eigenvalue weighted by Gasteiger charge is 2.28. The van der Waals surface area contributed by atoms with Crippen LogP contribution < -0.4 is 10.9 Å². The molecule has 0 radical (unpaired) electrons. The highest BCUT2D eigenvalue weighted by molar-refractivity contribution is 6.27. The van der Waals surface area contributed by atoms with Gasteiger partial charge in [-0.1, -0.05) is 6.07 Å². The number of rotatable bonds is 3. The van der Waals surface area contributed by atoms with Gasteiger partial charge in [0.25, 0.3) is 5.56 Å². The fourth-order valence-corrected chi connectivity index (χ4v) is 3.11. The van der Waals surface area contributed by atoms with E-state index in [0.29, 0.717) is 31.5 Å². The Labute approximate surface area is 131 Å². The van der Waals surface area contributed by atoms with Crippen LogP contribution >= 0.6 is 0 Å². The molecule has 6 nitrogen and oxygen atoms in total. The van der Waals surface area contributed by atoms with Crippen LogP contribution in [0.3, 0.4) is 0 Å². The minimum absolute atomic E-state index is 0.0732. The van der Waals surface area contributed by atoms with Gasteiger partial charge >= 0.3 is 0 Å². The van der Waals surface area contributed by atoms with Crippen molar-refractivity contribution in [2.45, 2.75) is 31.8 Å². The molecular formula is C16H16FN3O3. The fourth-order valence-electron chi connectivity index (χ4n) is 3.11. The quantitative estimate of drug-likeness (QED) is 0.672. The van der Waals surface area contributed by atoms with Crippen molar-refractivity contribution in [3.05, 3.63) is 40.2 Å². The number of aryl methyl sites for hydroxylation is 1. The van der Waals surface area contributed by atoms with Crippen LogP contribution in [0.5, 0.6) is 0 Å². The third-order valence-electron chi connectivity index (χ3n) is 4.27. The van der Waals surface area contributed by atoms with Crippen LogP contribution in [0.2, 0.25) is 0 Å². The smallest absolute Gasteiger partial charge is 0.261 e. The van der Waals surface area contributed by atoms with Crippen LogP contribution in [-0.2, 0) is 9.59 Å². The number of benzene rings is 1. The number of ketones is 1. The number of hydrogen-bond donors (Lipinski definition) is 1. The molecule has 1 aromatic carbocycles. The molecule has 0 spiro atoms. The predicted molar refractivity (Wildman–Crippen MR) is 81.8 cm³/mol. The Morgan fingerprint density at radius 1 is 1.43 bits per heavy atom. The Kier molecular flexibility index (Phi) is 4.04. The molecule has 1 saturated heterocycles. The molecule has 0 aliphatic carbocycles. The summed E-state index contributed by atoms with van der Waals surface area (Å²) in [6.07, 6.45) is 1.35. The number of Topliss-reactive ketones (excluding diaryl/α,β-unsaturated/α-hetero) is 1. The highest BCUT2D eigenvalue weighted by Crippen LogP contribution is 2.21. The van der Waals surface area contributed by atoms with Crippen LogP contribution in [0.1, 0.15) is 24.7 Å². The summed E-state index contributed by atoms with van der Waals surface area (Å²) in [4.78, 5) is 38.9.